The van der Waals surface area contributed by atoms with Gasteiger partial charge in [0.1, 0.15) is 0 Å². The number of likely N-dealkylation sites (tertiary alicyclic amines) is 2. The van der Waals surface area contributed by atoms with E-state index in [-0.39, 0.29) is 5.54 Å². The predicted molar refractivity (Wildman–Crippen MR) is 107 cm³/mol. The van der Waals surface area contributed by atoms with Gasteiger partial charge in [-0.2, -0.15) is 13.2 Å². The second-order valence-corrected chi connectivity index (χ2v) is 8.55. The molecule has 170 valence electrons. The van der Waals surface area contributed by atoms with Gasteiger partial charge in [-0.3, -0.25) is 9.69 Å². The number of carbonyl (C=O) groups excluding carboxylic acids is 1. The van der Waals surface area contributed by atoms with Gasteiger partial charge in [0.15, 0.2) is 0 Å². The van der Waals surface area contributed by atoms with Crippen LogP contribution >= 0.6 is 11.3 Å². The average molecular weight is 451 g/mol. The van der Waals surface area contributed by atoms with E-state index in [0.29, 0.717) is 25.0 Å². The third kappa shape index (κ3) is 5.73. The molecule has 2 aliphatic rings. The first-order valence-corrected chi connectivity index (χ1v) is 10.9. The Labute approximate surface area is 178 Å². The Kier molecular flexibility index (Phi) is 8.69. The quantitative estimate of drug-likeness (QED) is 0.715. The lowest BCUT2D eigenvalue weighted by Gasteiger charge is -2.52. The second kappa shape index (κ2) is 10.6. The van der Waals surface area contributed by atoms with Gasteiger partial charge in [0, 0.05) is 37.5 Å². The standard InChI is InChI=1S/C18H28N2O2S.C2HF3O2/c1-3-16-18(9-7-17(21)20(18)11-12-22-2)8-5-10-19(16)14-15-6-4-13-23-15;3-2(4,5)1(6)7/h4,6,13,16H,3,5,7-12,14H2,1-2H3;(H,6,7)/t16-,18-;/m0./s1. The molecule has 1 amide bonds. The van der Waals surface area contributed by atoms with E-state index in [2.05, 4.69) is 34.2 Å². The molecule has 2 atom stereocenters. The number of amides is 1. The Hall–Kier alpha value is -1.65. The van der Waals surface area contributed by atoms with Crippen LogP contribution in [0.4, 0.5) is 13.2 Å². The van der Waals surface area contributed by atoms with Crippen molar-refractivity contribution >= 4 is 23.2 Å². The fourth-order valence-corrected chi connectivity index (χ4v) is 5.39. The van der Waals surface area contributed by atoms with Crippen molar-refractivity contribution in [3.63, 3.8) is 0 Å². The Morgan fingerprint density at radius 1 is 1.40 bits per heavy atom. The van der Waals surface area contributed by atoms with Crippen LogP contribution in [0.3, 0.4) is 0 Å². The molecule has 2 aliphatic heterocycles. The summed E-state index contributed by atoms with van der Waals surface area (Å²) in [6.45, 7) is 5.80. The van der Waals surface area contributed by atoms with Crippen molar-refractivity contribution in [3.05, 3.63) is 22.4 Å². The number of methoxy groups -OCH3 is 1. The summed E-state index contributed by atoms with van der Waals surface area (Å²) in [5.41, 5.74) is 0.0277. The summed E-state index contributed by atoms with van der Waals surface area (Å²) in [7, 11) is 1.72. The second-order valence-electron chi connectivity index (χ2n) is 7.52. The fourth-order valence-electron chi connectivity index (χ4n) is 4.66. The summed E-state index contributed by atoms with van der Waals surface area (Å²) in [5.74, 6) is -2.44. The van der Waals surface area contributed by atoms with Crippen LogP contribution in [0.1, 0.15) is 43.9 Å². The SMILES string of the molecule is CC[C@@H]1N(Cc2cccs2)CCC[C@]12CCC(=O)N2CCOC.O=C(O)C(F)(F)F. The van der Waals surface area contributed by atoms with E-state index in [9.17, 15) is 18.0 Å². The highest BCUT2D eigenvalue weighted by Crippen LogP contribution is 2.43. The molecule has 2 fully saturated rings. The first-order chi connectivity index (χ1) is 14.2. The van der Waals surface area contributed by atoms with Crippen LogP contribution in [0.5, 0.6) is 0 Å². The van der Waals surface area contributed by atoms with Crippen molar-refractivity contribution in [2.24, 2.45) is 0 Å². The van der Waals surface area contributed by atoms with E-state index in [0.717, 1.165) is 38.9 Å². The largest absolute Gasteiger partial charge is 0.490 e. The van der Waals surface area contributed by atoms with Gasteiger partial charge in [-0.1, -0.05) is 13.0 Å². The number of nitrogens with zero attached hydrogens (tertiary/aromatic N) is 2. The summed E-state index contributed by atoms with van der Waals surface area (Å²) in [6, 6.07) is 4.81. The maximum absolute atomic E-state index is 12.5. The maximum atomic E-state index is 12.5. The number of hydrogen-bond acceptors (Lipinski definition) is 5. The van der Waals surface area contributed by atoms with Crippen LogP contribution < -0.4 is 0 Å². The third-order valence-corrected chi connectivity index (χ3v) is 6.67. The molecular formula is C20H29F3N2O4S. The number of carboxylic acids is 1. The third-order valence-electron chi connectivity index (χ3n) is 5.81. The molecule has 1 aromatic rings. The molecule has 1 aromatic heterocycles. The van der Waals surface area contributed by atoms with E-state index < -0.39 is 12.1 Å². The molecule has 2 saturated heterocycles. The lowest BCUT2D eigenvalue weighted by Crippen LogP contribution is -2.63. The summed E-state index contributed by atoms with van der Waals surface area (Å²) in [6.07, 6.45) is 0.0464. The lowest BCUT2D eigenvalue weighted by molar-refractivity contribution is -0.192. The van der Waals surface area contributed by atoms with E-state index in [1.54, 1.807) is 7.11 Å². The Morgan fingerprint density at radius 3 is 2.63 bits per heavy atom. The number of carbonyl (C=O) groups is 2. The fraction of sp³-hybridized carbons (Fsp3) is 0.700. The molecule has 1 spiro atoms. The number of ether oxygens (including phenoxy) is 1. The number of aliphatic carboxylic acids is 1. The first kappa shape index (κ1) is 24.6. The number of piperidine rings is 1. The summed E-state index contributed by atoms with van der Waals surface area (Å²) < 4.78 is 37.0. The van der Waals surface area contributed by atoms with E-state index in [1.807, 2.05) is 11.3 Å². The highest BCUT2D eigenvalue weighted by molar-refractivity contribution is 7.09. The molecular weight excluding hydrogens is 421 g/mol. The molecule has 0 bridgehead atoms. The lowest BCUT2D eigenvalue weighted by atomic mass is 9.77. The molecule has 0 radical (unpaired) electrons. The van der Waals surface area contributed by atoms with Gasteiger partial charge >= 0.3 is 12.1 Å². The minimum atomic E-state index is -5.08. The summed E-state index contributed by atoms with van der Waals surface area (Å²) >= 11 is 1.83. The van der Waals surface area contributed by atoms with Crippen molar-refractivity contribution in [1.82, 2.24) is 9.80 Å². The van der Waals surface area contributed by atoms with E-state index in [4.69, 9.17) is 14.6 Å². The van der Waals surface area contributed by atoms with Gasteiger partial charge in [-0.15, -0.1) is 11.3 Å². The molecule has 3 heterocycles. The highest BCUT2D eigenvalue weighted by atomic mass is 32.1. The normalized spacial score (nSPS) is 24.8. The molecule has 0 aliphatic carbocycles. The number of rotatable bonds is 6. The smallest absolute Gasteiger partial charge is 0.475 e. The van der Waals surface area contributed by atoms with Gasteiger partial charge in [-0.25, -0.2) is 4.79 Å². The zero-order valence-electron chi connectivity index (χ0n) is 17.3. The molecule has 6 nitrogen and oxygen atoms in total. The predicted octanol–water partition coefficient (Wildman–Crippen LogP) is 3.76. The van der Waals surface area contributed by atoms with Crippen molar-refractivity contribution in [2.45, 2.75) is 63.3 Å². The zero-order chi connectivity index (χ0) is 22.4. The minimum Gasteiger partial charge on any atom is -0.475 e. The molecule has 30 heavy (non-hydrogen) atoms. The average Bonchev–Trinajstić information content (AvgIpc) is 3.29. The number of hydrogen-bond donors (Lipinski definition) is 1. The van der Waals surface area contributed by atoms with Crippen molar-refractivity contribution in [1.29, 1.82) is 0 Å². The van der Waals surface area contributed by atoms with Gasteiger partial charge in [0.2, 0.25) is 5.91 Å². The Bertz CT molecular complexity index is 699. The highest BCUT2D eigenvalue weighted by Gasteiger charge is 2.52. The van der Waals surface area contributed by atoms with Gasteiger partial charge < -0.3 is 14.7 Å². The molecule has 1 N–H and O–H groups in total. The van der Waals surface area contributed by atoms with Gasteiger partial charge in [0.05, 0.1) is 12.1 Å². The topological polar surface area (TPSA) is 70.1 Å². The summed E-state index contributed by atoms with van der Waals surface area (Å²) in [4.78, 5) is 27.6. The van der Waals surface area contributed by atoms with Crippen LogP contribution in [0, 0.1) is 0 Å². The van der Waals surface area contributed by atoms with Crippen LogP contribution in [0.2, 0.25) is 0 Å². The Balaban J connectivity index is 0.000000396. The zero-order valence-corrected chi connectivity index (χ0v) is 18.1. The Morgan fingerprint density at radius 2 is 2.10 bits per heavy atom. The summed E-state index contributed by atoms with van der Waals surface area (Å²) in [5, 5.41) is 9.28. The monoisotopic (exact) mass is 450 g/mol. The number of thiophene rings is 1. The van der Waals surface area contributed by atoms with Crippen LogP contribution in [-0.4, -0.2) is 71.3 Å². The molecule has 10 heteroatoms. The number of carboxylic acid groups (broad SMARTS) is 1. The van der Waals surface area contributed by atoms with Crippen molar-refractivity contribution in [3.8, 4) is 0 Å². The number of halogens is 3. The minimum absolute atomic E-state index is 0.0277. The molecule has 0 unspecified atom stereocenters. The van der Waals surface area contributed by atoms with E-state index in [1.165, 1.54) is 11.3 Å². The molecule has 0 aromatic carbocycles. The van der Waals surface area contributed by atoms with Crippen LogP contribution in [-0.2, 0) is 20.9 Å². The van der Waals surface area contributed by atoms with Gasteiger partial charge in [-0.05, 0) is 43.7 Å². The molecule has 0 saturated carbocycles. The van der Waals surface area contributed by atoms with E-state index >= 15 is 0 Å². The van der Waals surface area contributed by atoms with Crippen molar-refractivity contribution < 1.29 is 32.6 Å². The van der Waals surface area contributed by atoms with Gasteiger partial charge in [0.25, 0.3) is 0 Å². The van der Waals surface area contributed by atoms with Crippen molar-refractivity contribution in [2.75, 3.05) is 26.8 Å². The molecule has 3 rings (SSSR count). The maximum Gasteiger partial charge on any atom is 0.490 e. The van der Waals surface area contributed by atoms with Crippen LogP contribution in [0.25, 0.3) is 0 Å². The first-order valence-electron chi connectivity index (χ1n) is 10.0. The van der Waals surface area contributed by atoms with Crippen LogP contribution in [0.15, 0.2) is 17.5 Å². The number of alkyl halides is 3.